The summed E-state index contributed by atoms with van der Waals surface area (Å²) in [5.74, 6) is 0.785. The van der Waals surface area contributed by atoms with Crippen molar-refractivity contribution in [1.82, 2.24) is 4.57 Å². The largest absolute Gasteiger partial charge is 0.497 e. The summed E-state index contributed by atoms with van der Waals surface area (Å²) in [6.45, 7) is 7.18. The Kier molecular flexibility index (Phi) is 8.00. The first-order valence-corrected chi connectivity index (χ1v) is 14.1. The van der Waals surface area contributed by atoms with Gasteiger partial charge in [0.05, 0.1) is 47.7 Å². The number of carbonyl (C=O) groups excluding carboxylic acids is 2. The number of hydrogen-bond donors (Lipinski definition) is 0. The summed E-state index contributed by atoms with van der Waals surface area (Å²) in [5.41, 5.74) is 3.31. The maximum atomic E-state index is 13.9. The van der Waals surface area contributed by atoms with E-state index in [0.29, 0.717) is 43.4 Å². The van der Waals surface area contributed by atoms with Crippen LogP contribution >= 0.6 is 11.3 Å². The molecule has 5 rings (SSSR count). The van der Waals surface area contributed by atoms with Gasteiger partial charge in [0.25, 0.3) is 5.56 Å². The Morgan fingerprint density at radius 3 is 2.40 bits per heavy atom. The highest BCUT2D eigenvalue weighted by atomic mass is 32.1. The Morgan fingerprint density at radius 2 is 1.76 bits per heavy atom. The second-order valence-electron chi connectivity index (χ2n) is 10.0. The lowest BCUT2D eigenvalue weighted by atomic mass is 9.96. The molecule has 2 aromatic carbocycles. The van der Waals surface area contributed by atoms with Crippen molar-refractivity contribution in [1.29, 1.82) is 0 Å². The lowest BCUT2D eigenvalue weighted by molar-refractivity contribution is -0.143. The standard InChI is InChI=1S/C32H30N2O7S/c1-17(2)40-31(37)27-19(4)33-32-34(28(27)20-7-10-22(38-5)11-8-20)29(35)26(42-32)16-23-12-14-25(41-23)24-13-9-21(15-18(24)3)30(36)39-6/h7-17,28H,1-6H3/b26-16+/t28-/m1/s1. The summed E-state index contributed by atoms with van der Waals surface area (Å²) in [6.07, 6.45) is 1.33. The second kappa shape index (κ2) is 11.7. The van der Waals surface area contributed by atoms with Gasteiger partial charge in [0.15, 0.2) is 4.80 Å². The molecule has 0 fully saturated rings. The molecule has 0 spiro atoms. The van der Waals surface area contributed by atoms with Crippen LogP contribution in [0.2, 0.25) is 0 Å². The molecule has 3 heterocycles. The zero-order chi connectivity index (χ0) is 30.1. The minimum atomic E-state index is -0.733. The first-order chi connectivity index (χ1) is 20.1. The molecular formula is C32H30N2O7S. The van der Waals surface area contributed by atoms with Gasteiger partial charge in [-0.25, -0.2) is 14.6 Å². The Bertz CT molecular complexity index is 1890. The minimum absolute atomic E-state index is 0.305. The second-order valence-corrected chi connectivity index (χ2v) is 11.0. The van der Waals surface area contributed by atoms with Crippen molar-refractivity contribution in [2.45, 2.75) is 39.8 Å². The first kappa shape index (κ1) is 28.8. The van der Waals surface area contributed by atoms with Crippen LogP contribution in [0.15, 0.2) is 80.1 Å². The fraction of sp³-hybridized carbons (Fsp3) is 0.250. The third kappa shape index (κ3) is 5.45. The van der Waals surface area contributed by atoms with Crippen LogP contribution in [0.5, 0.6) is 5.75 Å². The van der Waals surface area contributed by atoms with E-state index >= 15 is 0 Å². The Labute approximate surface area is 246 Å². The van der Waals surface area contributed by atoms with Crippen molar-refractivity contribution in [2.24, 2.45) is 4.99 Å². The number of fused-ring (bicyclic) bond motifs is 1. The molecule has 1 aliphatic heterocycles. The van der Waals surface area contributed by atoms with E-state index in [1.165, 1.54) is 23.0 Å². The van der Waals surface area contributed by atoms with Gasteiger partial charge < -0.3 is 18.6 Å². The fourth-order valence-corrected chi connectivity index (χ4v) is 5.88. The first-order valence-electron chi connectivity index (χ1n) is 13.3. The molecule has 0 radical (unpaired) electrons. The number of thiazole rings is 1. The summed E-state index contributed by atoms with van der Waals surface area (Å²) in [4.78, 5) is 44.1. The lowest BCUT2D eigenvalue weighted by Crippen LogP contribution is -2.40. The van der Waals surface area contributed by atoms with E-state index in [1.807, 2.05) is 25.1 Å². The number of benzene rings is 2. The fourth-order valence-electron chi connectivity index (χ4n) is 4.85. The molecule has 9 nitrogen and oxygen atoms in total. The van der Waals surface area contributed by atoms with Gasteiger partial charge in [-0.15, -0.1) is 0 Å². The molecule has 0 unspecified atom stereocenters. The van der Waals surface area contributed by atoms with Crippen molar-refractivity contribution in [2.75, 3.05) is 14.2 Å². The molecule has 216 valence electrons. The van der Waals surface area contributed by atoms with Gasteiger partial charge in [-0.2, -0.15) is 0 Å². The lowest BCUT2D eigenvalue weighted by Gasteiger charge is -2.25. The van der Waals surface area contributed by atoms with E-state index in [0.717, 1.165) is 16.7 Å². The zero-order valence-electron chi connectivity index (χ0n) is 24.1. The maximum Gasteiger partial charge on any atom is 0.338 e. The number of esters is 2. The molecule has 0 saturated heterocycles. The van der Waals surface area contributed by atoms with E-state index in [2.05, 4.69) is 4.99 Å². The molecule has 10 heteroatoms. The van der Waals surface area contributed by atoms with Crippen LogP contribution in [0, 0.1) is 6.92 Å². The van der Waals surface area contributed by atoms with Gasteiger partial charge in [0.2, 0.25) is 0 Å². The van der Waals surface area contributed by atoms with Crippen LogP contribution in [-0.4, -0.2) is 36.8 Å². The topological polar surface area (TPSA) is 109 Å². The number of hydrogen-bond acceptors (Lipinski definition) is 9. The highest BCUT2D eigenvalue weighted by Crippen LogP contribution is 2.32. The summed E-state index contributed by atoms with van der Waals surface area (Å²) < 4.78 is 23.7. The van der Waals surface area contributed by atoms with Crippen LogP contribution < -0.4 is 19.6 Å². The third-order valence-corrected chi connectivity index (χ3v) is 7.81. The summed E-state index contributed by atoms with van der Waals surface area (Å²) in [7, 11) is 2.92. The number of allylic oxidation sites excluding steroid dienone is 1. The van der Waals surface area contributed by atoms with E-state index in [9.17, 15) is 14.4 Å². The summed E-state index contributed by atoms with van der Waals surface area (Å²) in [6, 6.07) is 15.3. The van der Waals surface area contributed by atoms with Crippen molar-refractivity contribution >= 4 is 29.4 Å². The molecule has 0 amide bonds. The number of ether oxygens (including phenoxy) is 3. The SMILES string of the molecule is COC(=O)c1ccc(-c2ccc(/C=c3/sc4n(c3=O)[C@H](c3ccc(OC)cc3)C(C(=O)OC(C)C)=C(C)N=4)o2)c(C)c1. The number of aryl methyl sites for hydroxylation is 1. The Morgan fingerprint density at radius 1 is 1.02 bits per heavy atom. The molecule has 42 heavy (non-hydrogen) atoms. The quantitative estimate of drug-likeness (QED) is 0.292. The average Bonchev–Trinajstić information content (AvgIpc) is 3.55. The van der Waals surface area contributed by atoms with Gasteiger partial charge in [0, 0.05) is 11.6 Å². The van der Waals surface area contributed by atoms with Crippen LogP contribution in [0.25, 0.3) is 17.4 Å². The molecule has 2 aromatic heterocycles. The molecule has 4 aromatic rings. The molecule has 1 aliphatic rings. The maximum absolute atomic E-state index is 13.9. The van der Waals surface area contributed by atoms with Crippen LogP contribution in [0.1, 0.15) is 54.1 Å². The van der Waals surface area contributed by atoms with Crippen molar-refractivity contribution < 1.29 is 28.2 Å². The van der Waals surface area contributed by atoms with Crippen molar-refractivity contribution in [3.8, 4) is 17.1 Å². The van der Waals surface area contributed by atoms with Gasteiger partial charge in [-0.1, -0.05) is 29.5 Å². The van der Waals surface area contributed by atoms with Crippen molar-refractivity contribution in [3.63, 3.8) is 0 Å². The van der Waals surface area contributed by atoms with Gasteiger partial charge in [-0.05, 0) is 75.2 Å². The monoisotopic (exact) mass is 586 g/mol. The van der Waals surface area contributed by atoms with E-state index in [-0.39, 0.29) is 11.7 Å². The Hall–Kier alpha value is -4.70. The van der Waals surface area contributed by atoms with Gasteiger partial charge in [-0.3, -0.25) is 9.36 Å². The van der Waals surface area contributed by atoms with Crippen LogP contribution in [0.3, 0.4) is 0 Å². The number of furan rings is 1. The van der Waals surface area contributed by atoms with Crippen molar-refractivity contribution in [3.05, 3.63) is 108 Å². The molecule has 0 bridgehead atoms. The average molecular weight is 587 g/mol. The highest BCUT2D eigenvalue weighted by molar-refractivity contribution is 7.07. The normalized spacial score (nSPS) is 14.9. The molecular weight excluding hydrogens is 556 g/mol. The number of methoxy groups -OCH3 is 2. The predicted octanol–water partition coefficient (Wildman–Crippen LogP) is 4.55. The molecule has 1 atom stereocenters. The van der Waals surface area contributed by atoms with Gasteiger partial charge in [0.1, 0.15) is 17.3 Å². The highest BCUT2D eigenvalue weighted by Gasteiger charge is 2.33. The van der Waals surface area contributed by atoms with E-state index in [4.69, 9.17) is 18.6 Å². The molecule has 0 saturated carbocycles. The summed E-state index contributed by atoms with van der Waals surface area (Å²) >= 11 is 1.22. The minimum Gasteiger partial charge on any atom is -0.497 e. The van der Waals surface area contributed by atoms with E-state index < -0.39 is 18.0 Å². The third-order valence-electron chi connectivity index (χ3n) is 6.83. The number of rotatable bonds is 7. The van der Waals surface area contributed by atoms with Crippen LogP contribution in [-0.2, 0) is 14.3 Å². The predicted molar refractivity (Wildman–Crippen MR) is 158 cm³/mol. The number of nitrogens with zero attached hydrogens (tertiary/aromatic N) is 2. The van der Waals surface area contributed by atoms with E-state index in [1.54, 1.807) is 70.4 Å². The zero-order valence-corrected chi connectivity index (χ0v) is 24.9. The smallest absolute Gasteiger partial charge is 0.338 e. The van der Waals surface area contributed by atoms with Gasteiger partial charge >= 0.3 is 11.9 Å². The molecule has 0 aliphatic carbocycles. The molecule has 0 N–H and O–H groups in total. The Balaban J connectivity index is 1.58. The van der Waals surface area contributed by atoms with Crippen LogP contribution in [0.4, 0.5) is 0 Å². The summed E-state index contributed by atoms with van der Waals surface area (Å²) in [5, 5.41) is 0. The number of aromatic nitrogens is 1. The number of carbonyl (C=O) groups is 2.